The first-order valence-electron chi connectivity index (χ1n) is 9.46. The minimum absolute atomic E-state index is 0.169. The lowest BCUT2D eigenvalue weighted by molar-refractivity contribution is -0.135. The van der Waals surface area contributed by atoms with E-state index in [0.717, 1.165) is 10.6 Å². The zero-order valence-electron chi connectivity index (χ0n) is 16.3. The highest BCUT2D eigenvalue weighted by Gasteiger charge is 2.26. The minimum atomic E-state index is -0.560. The van der Waals surface area contributed by atoms with Crippen LogP contribution in [0.2, 0.25) is 0 Å². The Labute approximate surface area is 176 Å². The average Bonchev–Trinajstić information content (AvgIpc) is 3.26. The van der Waals surface area contributed by atoms with Crippen LogP contribution in [0.25, 0.3) is 11.4 Å². The third kappa shape index (κ3) is 4.64. The van der Waals surface area contributed by atoms with Gasteiger partial charge in [-0.05, 0) is 24.3 Å². The molecule has 0 spiro atoms. The van der Waals surface area contributed by atoms with E-state index >= 15 is 0 Å². The molecule has 0 radical (unpaired) electrons. The lowest BCUT2D eigenvalue weighted by Crippen LogP contribution is -2.38. The second-order valence-corrected chi connectivity index (χ2v) is 6.78. The van der Waals surface area contributed by atoms with E-state index in [2.05, 4.69) is 20.6 Å². The summed E-state index contributed by atoms with van der Waals surface area (Å²) in [5.74, 6) is -0.667. The first-order valence-corrected chi connectivity index (χ1v) is 9.46. The van der Waals surface area contributed by atoms with E-state index in [1.54, 1.807) is 12.1 Å². The molecule has 0 saturated carbocycles. The first-order chi connectivity index (χ1) is 15.0. The zero-order valence-corrected chi connectivity index (χ0v) is 16.3. The van der Waals surface area contributed by atoms with Crippen LogP contribution in [0.1, 0.15) is 29.1 Å². The quantitative estimate of drug-likeness (QED) is 0.625. The predicted octanol–water partition coefficient (Wildman–Crippen LogP) is 1.80. The summed E-state index contributed by atoms with van der Waals surface area (Å²) in [7, 11) is 0. The molecule has 0 aliphatic carbocycles. The summed E-state index contributed by atoms with van der Waals surface area (Å²) in [5, 5.41) is 11.9. The number of benzene rings is 2. The number of primary amides is 1. The zero-order chi connectivity index (χ0) is 21.8. The van der Waals surface area contributed by atoms with Crippen molar-refractivity contribution < 1.29 is 18.9 Å². The molecule has 0 bridgehead atoms. The number of nitrogens with one attached hydrogen (secondary N) is 1. The number of amides is 3. The van der Waals surface area contributed by atoms with Gasteiger partial charge in [-0.25, -0.2) is 5.01 Å². The minimum Gasteiger partial charge on any atom is -0.366 e. The maximum atomic E-state index is 12.4. The van der Waals surface area contributed by atoms with E-state index in [0.29, 0.717) is 29.2 Å². The number of hydrazone groups is 1. The molecular weight excluding hydrogens is 400 g/mol. The molecule has 156 valence electrons. The van der Waals surface area contributed by atoms with Crippen molar-refractivity contribution in [2.24, 2.45) is 10.8 Å². The number of nitrogens with two attached hydrogens (primary N) is 1. The van der Waals surface area contributed by atoms with Gasteiger partial charge >= 0.3 is 0 Å². The summed E-state index contributed by atoms with van der Waals surface area (Å²) >= 11 is 0. The number of nitrogens with zero attached hydrogens (tertiary/aromatic N) is 4. The van der Waals surface area contributed by atoms with Gasteiger partial charge in [0.25, 0.3) is 5.89 Å². The number of carbonyl (C=O) groups is 3. The van der Waals surface area contributed by atoms with Crippen molar-refractivity contribution in [3.8, 4) is 11.4 Å². The van der Waals surface area contributed by atoms with Crippen LogP contribution in [0, 0.1) is 0 Å². The maximum Gasteiger partial charge on any atom is 0.274 e. The summed E-state index contributed by atoms with van der Waals surface area (Å²) in [6, 6.07) is 15.4. The summed E-state index contributed by atoms with van der Waals surface area (Å²) in [6.45, 7) is -0.278. The van der Waals surface area contributed by atoms with Gasteiger partial charge in [-0.2, -0.15) is 10.1 Å². The Morgan fingerprint density at radius 1 is 1.06 bits per heavy atom. The summed E-state index contributed by atoms with van der Waals surface area (Å²) in [4.78, 5) is 40.1. The Morgan fingerprint density at radius 2 is 1.81 bits per heavy atom. The molecule has 3 N–H and O–H groups in total. The molecule has 4 rings (SSSR count). The summed E-state index contributed by atoms with van der Waals surface area (Å²) in [5.41, 5.74) is 7.22. The third-order valence-corrected chi connectivity index (χ3v) is 4.56. The fraction of sp³-hybridized carbons (Fsp3) is 0.143. The van der Waals surface area contributed by atoms with Gasteiger partial charge < -0.3 is 15.6 Å². The second-order valence-electron chi connectivity index (χ2n) is 6.78. The Bertz CT molecular complexity index is 1150. The number of hydrogen-bond acceptors (Lipinski definition) is 7. The predicted molar refractivity (Wildman–Crippen MR) is 111 cm³/mol. The van der Waals surface area contributed by atoms with Gasteiger partial charge in [-0.15, -0.1) is 0 Å². The van der Waals surface area contributed by atoms with Gasteiger partial charge in [0.15, 0.2) is 0 Å². The molecule has 1 aromatic heterocycles. The van der Waals surface area contributed by atoms with Crippen LogP contribution < -0.4 is 11.1 Å². The van der Waals surface area contributed by atoms with Crippen LogP contribution in [0.4, 0.5) is 5.69 Å². The molecule has 10 nitrogen and oxygen atoms in total. The average molecular weight is 418 g/mol. The van der Waals surface area contributed by atoms with E-state index in [1.165, 1.54) is 12.1 Å². The van der Waals surface area contributed by atoms with E-state index in [1.807, 2.05) is 30.3 Å². The molecule has 2 aromatic carbocycles. The molecule has 10 heteroatoms. The highest BCUT2D eigenvalue weighted by molar-refractivity contribution is 6.02. The summed E-state index contributed by atoms with van der Waals surface area (Å²) in [6.07, 6.45) is 0.504. The van der Waals surface area contributed by atoms with Gasteiger partial charge in [0, 0.05) is 29.7 Å². The molecular formula is C21H18N6O4. The Balaban J connectivity index is 1.45. The fourth-order valence-corrected chi connectivity index (χ4v) is 2.98. The molecule has 1 aliphatic rings. The molecule has 0 unspecified atom stereocenters. The van der Waals surface area contributed by atoms with Crippen molar-refractivity contribution in [3.05, 3.63) is 66.1 Å². The topological polar surface area (TPSA) is 144 Å². The van der Waals surface area contributed by atoms with Crippen LogP contribution in [0.3, 0.4) is 0 Å². The Hall–Kier alpha value is -4.34. The van der Waals surface area contributed by atoms with Crippen molar-refractivity contribution in [2.45, 2.75) is 12.8 Å². The first kappa shape index (κ1) is 20.0. The van der Waals surface area contributed by atoms with Gasteiger partial charge in [0.2, 0.25) is 23.5 Å². The number of hydrogen-bond donors (Lipinski definition) is 2. The van der Waals surface area contributed by atoms with Crippen LogP contribution in [0.15, 0.2) is 64.2 Å². The summed E-state index contributed by atoms with van der Waals surface area (Å²) < 4.78 is 5.31. The third-order valence-electron chi connectivity index (χ3n) is 4.56. The van der Waals surface area contributed by atoms with Crippen LogP contribution in [-0.4, -0.2) is 45.1 Å². The van der Waals surface area contributed by atoms with E-state index in [4.69, 9.17) is 10.3 Å². The number of aromatic nitrogens is 2. The van der Waals surface area contributed by atoms with Crippen LogP contribution in [0.5, 0.6) is 0 Å². The van der Waals surface area contributed by atoms with Crippen molar-refractivity contribution in [1.82, 2.24) is 15.1 Å². The van der Waals surface area contributed by atoms with Crippen molar-refractivity contribution in [1.29, 1.82) is 0 Å². The lowest BCUT2D eigenvalue weighted by Gasteiger charge is -2.21. The largest absolute Gasteiger partial charge is 0.366 e. The van der Waals surface area contributed by atoms with Crippen LogP contribution >= 0.6 is 0 Å². The van der Waals surface area contributed by atoms with E-state index in [-0.39, 0.29) is 24.8 Å². The molecule has 2 heterocycles. The second kappa shape index (κ2) is 8.57. The van der Waals surface area contributed by atoms with Crippen molar-refractivity contribution >= 4 is 29.1 Å². The molecule has 3 amide bonds. The van der Waals surface area contributed by atoms with Gasteiger partial charge in [0.1, 0.15) is 12.3 Å². The van der Waals surface area contributed by atoms with Gasteiger partial charge in [-0.1, -0.05) is 35.5 Å². The van der Waals surface area contributed by atoms with E-state index < -0.39 is 11.8 Å². The molecule has 0 atom stereocenters. The standard InChI is InChI=1S/C21H18N6O4/c22-19(30)13-6-8-15(9-7-13)23-17(28)12-27-18(29)11-10-16(25-27)21-24-20(26-31-21)14-4-2-1-3-5-14/h1-9H,10-12H2,(H2,22,30)(H,23,28). The molecule has 1 aliphatic heterocycles. The van der Waals surface area contributed by atoms with E-state index in [9.17, 15) is 14.4 Å². The van der Waals surface area contributed by atoms with Gasteiger partial charge in [0.05, 0.1) is 0 Å². The molecule has 0 fully saturated rings. The van der Waals surface area contributed by atoms with Gasteiger partial charge in [-0.3, -0.25) is 14.4 Å². The Morgan fingerprint density at radius 3 is 2.52 bits per heavy atom. The molecule has 0 saturated heterocycles. The van der Waals surface area contributed by atoms with Crippen molar-refractivity contribution in [2.75, 3.05) is 11.9 Å². The normalized spacial score (nSPS) is 13.6. The number of carbonyl (C=O) groups excluding carboxylic acids is 3. The number of rotatable bonds is 6. The fourth-order valence-electron chi connectivity index (χ4n) is 2.98. The molecule has 31 heavy (non-hydrogen) atoms. The SMILES string of the molecule is NC(=O)c1ccc(NC(=O)CN2N=C(c3nc(-c4ccccc4)no3)CCC2=O)cc1. The maximum absolute atomic E-state index is 12.4. The lowest BCUT2D eigenvalue weighted by atomic mass is 10.1. The monoisotopic (exact) mass is 418 g/mol. The Kier molecular flexibility index (Phi) is 5.52. The van der Waals surface area contributed by atoms with Crippen LogP contribution in [-0.2, 0) is 9.59 Å². The highest BCUT2D eigenvalue weighted by atomic mass is 16.5. The molecule has 3 aromatic rings. The number of anilines is 1. The van der Waals surface area contributed by atoms with Crippen molar-refractivity contribution in [3.63, 3.8) is 0 Å². The highest BCUT2D eigenvalue weighted by Crippen LogP contribution is 2.19. The smallest absolute Gasteiger partial charge is 0.274 e.